The van der Waals surface area contributed by atoms with Gasteiger partial charge in [0.2, 0.25) is 0 Å². The van der Waals surface area contributed by atoms with E-state index >= 15 is 0 Å². The van der Waals surface area contributed by atoms with Gasteiger partial charge >= 0.3 is 0 Å². The summed E-state index contributed by atoms with van der Waals surface area (Å²) >= 11 is 0. The smallest absolute Gasteiger partial charge is 0.0612 e. The standard InChI is InChI=1S/C15H26O/c1-15(2,3)13-11-9-7-5-4-6-8-10-12-14-16/h4-5,10-13,16H,6-9,14H2,1-3H3. The Hall–Kier alpha value is -0.820. The molecule has 0 fully saturated rings. The van der Waals surface area contributed by atoms with Crippen LogP contribution in [0.15, 0.2) is 36.5 Å². The van der Waals surface area contributed by atoms with Crippen molar-refractivity contribution < 1.29 is 5.11 Å². The van der Waals surface area contributed by atoms with Crippen molar-refractivity contribution in [1.82, 2.24) is 0 Å². The quantitative estimate of drug-likeness (QED) is 0.504. The third-order valence-electron chi connectivity index (χ3n) is 2.06. The first-order valence-electron chi connectivity index (χ1n) is 6.15. The van der Waals surface area contributed by atoms with Gasteiger partial charge in [-0.2, -0.15) is 0 Å². The van der Waals surface area contributed by atoms with Crippen LogP contribution < -0.4 is 0 Å². The van der Waals surface area contributed by atoms with Gasteiger partial charge in [0.15, 0.2) is 0 Å². The monoisotopic (exact) mass is 222 g/mol. The highest BCUT2D eigenvalue weighted by Gasteiger charge is 2.01. The fraction of sp³-hybridized carbons (Fsp3) is 0.600. The molecule has 0 saturated heterocycles. The molecule has 0 unspecified atom stereocenters. The molecule has 0 spiro atoms. The second-order valence-electron chi connectivity index (χ2n) is 5.05. The molecule has 0 aliphatic heterocycles. The summed E-state index contributed by atoms with van der Waals surface area (Å²) in [6, 6.07) is 0. The minimum absolute atomic E-state index is 0.154. The topological polar surface area (TPSA) is 20.2 Å². The molecule has 0 bridgehead atoms. The molecule has 1 nitrogen and oxygen atoms in total. The van der Waals surface area contributed by atoms with Crippen LogP contribution in [-0.2, 0) is 0 Å². The van der Waals surface area contributed by atoms with E-state index in [2.05, 4.69) is 45.1 Å². The molecule has 16 heavy (non-hydrogen) atoms. The van der Waals surface area contributed by atoms with Gasteiger partial charge in [-0.3, -0.25) is 0 Å². The maximum atomic E-state index is 8.52. The van der Waals surface area contributed by atoms with Gasteiger partial charge in [-0.15, -0.1) is 0 Å². The Morgan fingerprint density at radius 2 is 1.19 bits per heavy atom. The lowest BCUT2D eigenvalue weighted by molar-refractivity contribution is 0.342. The van der Waals surface area contributed by atoms with E-state index in [9.17, 15) is 0 Å². The molecule has 0 amide bonds. The van der Waals surface area contributed by atoms with E-state index in [1.165, 1.54) is 0 Å². The average Bonchev–Trinajstić information content (AvgIpc) is 2.19. The Labute approximate surface area is 101 Å². The maximum Gasteiger partial charge on any atom is 0.0612 e. The summed E-state index contributed by atoms with van der Waals surface area (Å²) in [6.45, 7) is 6.80. The normalized spacial score (nSPS) is 13.5. The number of hydrogen-bond acceptors (Lipinski definition) is 1. The van der Waals surface area contributed by atoms with Crippen molar-refractivity contribution in [1.29, 1.82) is 0 Å². The van der Waals surface area contributed by atoms with Crippen LogP contribution in [0.1, 0.15) is 46.5 Å². The summed E-state index contributed by atoms with van der Waals surface area (Å²) in [5.41, 5.74) is 0.304. The Bertz CT molecular complexity index is 228. The first kappa shape index (κ1) is 15.2. The lowest BCUT2D eigenvalue weighted by Crippen LogP contribution is -1.97. The number of unbranched alkanes of at least 4 members (excludes halogenated alkanes) is 2. The van der Waals surface area contributed by atoms with Gasteiger partial charge in [-0.25, -0.2) is 0 Å². The Morgan fingerprint density at radius 3 is 1.62 bits per heavy atom. The van der Waals surface area contributed by atoms with Crippen molar-refractivity contribution >= 4 is 0 Å². The molecule has 0 aromatic heterocycles. The molecule has 0 aliphatic carbocycles. The summed E-state index contributed by atoms with van der Waals surface area (Å²) in [6.07, 6.45) is 17.1. The van der Waals surface area contributed by atoms with Crippen LogP contribution in [0.3, 0.4) is 0 Å². The number of rotatable bonds is 7. The van der Waals surface area contributed by atoms with Crippen molar-refractivity contribution in [3.05, 3.63) is 36.5 Å². The van der Waals surface area contributed by atoms with E-state index in [-0.39, 0.29) is 6.61 Å². The molecule has 0 aromatic rings. The number of aliphatic hydroxyl groups excluding tert-OH is 1. The molecule has 0 saturated carbocycles. The van der Waals surface area contributed by atoms with Crippen LogP contribution in [0.5, 0.6) is 0 Å². The van der Waals surface area contributed by atoms with Gasteiger partial charge in [0, 0.05) is 0 Å². The van der Waals surface area contributed by atoms with Crippen molar-refractivity contribution in [2.24, 2.45) is 5.41 Å². The third kappa shape index (κ3) is 13.2. The molecule has 0 aliphatic rings. The van der Waals surface area contributed by atoms with Crippen molar-refractivity contribution in [3.63, 3.8) is 0 Å². The van der Waals surface area contributed by atoms with Gasteiger partial charge in [-0.1, -0.05) is 57.2 Å². The van der Waals surface area contributed by atoms with Crippen LogP contribution >= 0.6 is 0 Å². The molecular weight excluding hydrogens is 196 g/mol. The Morgan fingerprint density at radius 1 is 0.750 bits per heavy atom. The number of aliphatic hydroxyl groups is 1. The highest BCUT2D eigenvalue weighted by atomic mass is 16.2. The molecule has 1 N–H and O–H groups in total. The van der Waals surface area contributed by atoms with Crippen molar-refractivity contribution in [2.75, 3.05) is 6.61 Å². The molecule has 0 heterocycles. The zero-order chi connectivity index (χ0) is 12.3. The largest absolute Gasteiger partial charge is 0.392 e. The highest BCUT2D eigenvalue weighted by molar-refractivity contribution is 4.94. The molecule has 0 radical (unpaired) electrons. The van der Waals surface area contributed by atoms with Gasteiger partial charge in [0.05, 0.1) is 6.61 Å². The van der Waals surface area contributed by atoms with Crippen LogP contribution in [0, 0.1) is 5.41 Å². The van der Waals surface area contributed by atoms with Gasteiger partial charge in [0.25, 0.3) is 0 Å². The van der Waals surface area contributed by atoms with Crippen molar-refractivity contribution in [3.8, 4) is 0 Å². The fourth-order valence-corrected chi connectivity index (χ4v) is 1.25. The van der Waals surface area contributed by atoms with Gasteiger partial charge < -0.3 is 5.11 Å². The van der Waals surface area contributed by atoms with Gasteiger partial charge in [0.1, 0.15) is 0 Å². The Kier molecular flexibility index (Phi) is 8.93. The fourth-order valence-electron chi connectivity index (χ4n) is 1.25. The summed E-state index contributed by atoms with van der Waals surface area (Å²) in [5, 5.41) is 8.52. The van der Waals surface area contributed by atoms with Crippen molar-refractivity contribution in [2.45, 2.75) is 46.5 Å². The highest BCUT2D eigenvalue weighted by Crippen LogP contribution is 2.15. The zero-order valence-corrected chi connectivity index (χ0v) is 10.9. The zero-order valence-electron chi connectivity index (χ0n) is 10.9. The Balaban J connectivity index is 3.41. The summed E-state index contributed by atoms with van der Waals surface area (Å²) in [5.74, 6) is 0. The summed E-state index contributed by atoms with van der Waals surface area (Å²) in [4.78, 5) is 0. The van der Waals surface area contributed by atoms with Gasteiger partial charge in [-0.05, 0) is 31.1 Å². The molecule has 0 atom stereocenters. The molecule has 92 valence electrons. The van der Waals surface area contributed by atoms with E-state index in [1.54, 1.807) is 6.08 Å². The minimum Gasteiger partial charge on any atom is -0.392 e. The molecule has 0 aromatic carbocycles. The lowest BCUT2D eigenvalue weighted by Gasteiger charge is -2.10. The SMILES string of the molecule is CC(C)(C)C=CCCC=CCCC=CCO. The van der Waals surface area contributed by atoms with E-state index in [1.807, 2.05) is 6.08 Å². The van der Waals surface area contributed by atoms with Crippen LogP contribution in [0.25, 0.3) is 0 Å². The summed E-state index contributed by atoms with van der Waals surface area (Å²) < 4.78 is 0. The molecular formula is C15H26O. The minimum atomic E-state index is 0.154. The lowest BCUT2D eigenvalue weighted by atomic mass is 9.96. The van der Waals surface area contributed by atoms with E-state index in [0.717, 1.165) is 25.7 Å². The first-order chi connectivity index (χ1) is 7.56. The van der Waals surface area contributed by atoms with E-state index in [4.69, 9.17) is 5.11 Å². The maximum absolute atomic E-state index is 8.52. The number of allylic oxidation sites excluding steroid dienone is 5. The predicted molar refractivity (Wildman–Crippen MR) is 72.4 cm³/mol. The second-order valence-corrected chi connectivity index (χ2v) is 5.05. The summed E-state index contributed by atoms with van der Waals surface area (Å²) in [7, 11) is 0. The van der Waals surface area contributed by atoms with Crippen LogP contribution in [0.2, 0.25) is 0 Å². The first-order valence-corrected chi connectivity index (χ1v) is 6.15. The van der Waals surface area contributed by atoms with E-state index < -0.39 is 0 Å². The molecule has 0 rings (SSSR count). The second kappa shape index (κ2) is 9.41. The predicted octanol–water partition coefficient (Wildman–Crippen LogP) is 4.25. The van der Waals surface area contributed by atoms with E-state index in [0.29, 0.717) is 5.41 Å². The average molecular weight is 222 g/mol. The number of hydrogen-bond donors (Lipinski definition) is 1. The third-order valence-corrected chi connectivity index (χ3v) is 2.06. The van der Waals surface area contributed by atoms with Crippen LogP contribution in [-0.4, -0.2) is 11.7 Å². The van der Waals surface area contributed by atoms with Crippen LogP contribution in [0.4, 0.5) is 0 Å². The molecule has 1 heteroatoms.